The molecule has 0 saturated carbocycles. The molecule has 0 aliphatic carbocycles. The minimum atomic E-state index is -0.302. The van der Waals surface area contributed by atoms with Gasteiger partial charge < -0.3 is 0 Å². The Bertz CT molecular complexity index is 451. The van der Waals surface area contributed by atoms with E-state index in [1.807, 2.05) is 0 Å². The number of carbonyl (C=O) groups excluding carboxylic acids is 1. The minimum Gasteiger partial charge on any atom is -0.273 e. The maximum Gasteiger partial charge on any atom is 0.247 e. The van der Waals surface area contributed by atoms with Crippen LogP contribution in [-0.2, 0) is 11.2 Å². The Balaban J connectivity index is 2.00. The summed E-state index contributed by atoms with van der Waals surface area (Å²) in [5.41, 5.74) is 1.59. The van der Waals surface area contributed by atoms with Crippen LogP contribution in [0.25, 0.3) is 0 Å². The summed E-state index contributed by atoms with van der Waals surface area (Å²) in [5.74, 6) is -0.412. The first-order valence-electron chi connectivity index (χ1n) is 4.92. The number of nitrogens with zero attached hydrogens (tertiary/aromatic N) is 2. The quantitative estimate of drug-likeness (QED) is 0.744. The van der Waals surface area contributed by atoms with E-state index >= 15 is 0 Å². The van der Waals surface area contributed by atoms with Crippen molar-refractivity contribution in [1.29, 1.82) is 0 Å². The first-order chi connectivity index (χ1) is 7.65. The molecule has 0 spiro atoms. The van der Waals surface area contributed by atoms with Crippen molar-refractivity contribution in [3.63, 3.8) is 0 Å². The van der Waals surface area contributed by atoms with Crippen LogP contribution in [0.1, 0.15) is 5.56 Å². The predicted octanol–water partition coefficient (Wildman–Crippen LogP) is 1.75. The molecule has 1 aromatic rings. The Labute approximate surface area is 92.9 Å². The van der Waals surface area contributed by atoms with Gasteiger partial charge in [-0.15, -0.1) is 0 Å². The second-order valence-corrected chi connectivity index (χ2v) is 3.66. The molecule has 1 aromatic carbocycles. The van der Waals surface area contributed by atoms with Crippen LogP contribution in [0.2, 0.25) is 0 Å². The standard InChI is InChI=1S/C12H11FN2O/c1-9-7-14-15(8-9)12(16)6-10-2-4-11(13)5-3-10/h2-5,7H,1,6,8H2. The highest BCUT2D eigenvalue weighted by molar-refractivity contribution is 5.87. The number of hydrogen-bond acceptors (Lipinski definition) is 2. The van der Waals surface area contributed by atoms with Crippen molar-refractivity contribution in [3.8, 4) is 0 Å². The molecular formula is C12H11FN2O. The summed E-state index contributed by atoms with van der Waals surface area (Å²) in [5, 5.41) is 5.28. The van der Waals surface area contributed by atoms with Gasteiger partial charge in [-0.25, -0.2) is 9.40 Å². The molecule has 16 heavy (non-hydrogen) atoms. The van der Waals surface area contributed by atoms with Crippen molar-refractivity contribution >= 4 is 12.1 Å². The number of benzene rings is 1. The summed E-state index contributed by atoms with van der Waals surface area (Å²) in [6.45, 7) is 4.16. The number of hydrogen-bond donors (Lipinski definition) is 0. The average molecular weight is 218 g/mol. The van der Waals surface area contributed by atoms with Crippen LogP contribution in [0.15, 0.2) is 41.5 Å². The van der Waals surface area contributed by atoms with E-state index in [2.05, 4.69) is 11.7 Å². The average Bonchev–Trinajstić information content (AvgIpc) is 2.68. The fourth-order valence-electron chi connectivity index (χ4n) is 1.45. The summed E-state index contributed by atoms with van der Waals surface area (Å²) in [6.07, 6.45) is 1.80. The van der Waals surface area contributed by atoms with E-state index in [1.165, 1.54) is 17.1 Å². The SMILES string of the molecule is C=C1C=NN(C(=O)Cc2ccc(F)cc2)C1. The lowest BCUT2D eigenvalue weighted by atomic mass is 10.1. The topological polar surface area (TPSA) is 32.7 Å². The van der Waals surface area contributed by atoms with Gasteiger partial charge >= 0.3 is 0 Å². The number of amides is 1. The zero-order valence-electron chi connectivity index (χ0n) is 8.69. The minimum absolute atomic E-state index is 0.110. The summed E-state index contributed by atoms with van der Waals surface area (Å²) in [7, 11) is 0. The Morgan fingerprint density at radius 2 is 2.12 bits per heavy atom. The second kappa shape index (κ2) is 4.26. The molecule has 0 unspecified atom stereocenters. The van der Waals surface area contributed by atoms with E-state index in [-0.39, 0.29) is 18.1 Å². The van der Waals surface area contributed by atoms with Crippen LogP contribution in [-0.4, -0.2) is 23.7 Å². The van der Waals surface area contributed by atoms with Gasteiger partial charge in [0.25, 0.3) is 0 Å². The third-order valence-corrected chi connectivity index (χ3v) is 2.29. The van der Waals surface area contributed by atoms with Crippen LogP contribution < -0.4 is 0 Å². The Kier molecular flexibility index (Phi) is 2.81. The first kappa shape index (κ1) is 10.5. The molecule has 4 heteroatoms. The molecule has 0 N–H and O–H groups in total. The monoisotopic (exact) mass is 218 g/mol. The van der Waals surface area contributed by atoms with E-state index in [9.17, 15) is 9.18 Å². The smallest absolute Gasteiger partial charge is 0.247 e. The third-order valence-electron chi connectivity index (χ3n) is 2.29. The molecule has 1 aliphatic rings. The maximum absolute atomic E-state index is 12.6. The fourth-order valence-corrected chi connectivity index (χ4v) is 1.45. The second-order valence-electron chi connectivity index (χ2n) is 3.66. The molecule has 0 bridgehead atoms. The van der Waals surface area contributed by atoms with Crippen molar-refractivity contribution in [2.24, 2.45) is 5.10 Å². The van der Waals surface area contributed by atoms with Crippen molar-refractivity contribution in [3.05, 3.63) is 47.8 Å². The fraction of sp³-hybridized carbons (Fsp3) is 0.167. The van der Waals surface area contributed by atoms with Gasteiger partial charge in [-0.05, 0) is 23.3 Å². The Morgan fingerprint density at radius 3 is 2.69 bits per heavy atom. The predicted molar refractivity (Wildman–Crippen MR) is 59.4 cm³/mol. The molecule has 0 atom stereocenters. The van der Waals surface area contributed by atoms with Gasteiger partial charge in [-0.2, -0.15) is 5.10 Å². The van der Waals surface area contributed by atoms with Gasteiger partial charge in [0.2, 0.25) is 5.91 Å². The molecule has 0 radical (unpaired) electrons. The van der Waals surface area contributed by atoms with Crippen LogP contribution in [0.4, 0.5) is 4.39 Å². The first-order valence-corrected chi connectivity index (χ1v) is 4.92. The summed E-state index contributed by atoms with van der Waals surface area (Å²) >= 11 is 0. The highest BCUT2D eigenvalue weighted by Gasteiger charge is 2.17. The summed E-state index contributed by atoms with van der Waals surface area (Å²) < 4.78 is 12.6. The molecule has 82 valence electrons. The van der Waals surface area contributed by atoms with E-state index in [0.717, 1.165) is 11.1 Å². The van der Waals surface area contributed by atoms with Gasteiger partial charge in [0.05, 0.1) is 19.2 Å². The van der Waals surface area contributed by atoms with Crippen LogP contribution in [0.3, 0.4) is 0 Å². The normalized spacial score (nSPS) is 14.6. The number of hydrazone groups is 1. The van der Waals surface area contributed by atoms with E-state index < -0.39 is 0 Å². The van der Waals surface area contributed by atoms with Crippen LogP contribution >= 0.6 is 0 Å². The number of rotatable bonds is 2. The number of halogens is 1. The molecular weight excluding hydrogens is 207 g/mol. The largest absolute Gasteiger partial charge is 0.273 e. The van der Waals surface area contributed by atoms with Crippen molar-refractivity contribution in [1.82, 2.24) is 5.01 Å². The lowest BCUT2D eigenvalue weighted by Gasteiger charge is -2.11. The van der Waals surface area contributed by atoms with Crippen LogP contribution in [0.5, 0.6) is 0 Å². The van der Waals surface area contributed by atoms with Gasteiger partial charge in [0.1, 0.15) is 5.82 Å². The van der Waals surface area contributed by atoms with Gasteiger partial charge in [-0.3, -0.25) is 4.79 Å². The molecule has 1 aliphatic heterocycles. The van der Waals surface area contributed by atoms with Crippen molar-refractivity contribution in [2.75, 3.05) is 6.54 Å². The highest BCUT2D eigenvalue weighted by Crippen LogP contribution is 2.09. The molecule has 3 nitrogen and oxygen atoms in total. The maximum atomic E-state index is 12.6. The Hall–Kier alpha value is -1.97. The molecule has 0 fully saturated rings. The summed E-state index contributed by atoms with van der Waals surface area (Å²) in [6, 6.07) is 5.88. The van der Waals surface area contributed by atoms with Gasteiger partial charge in [0, 0.05) is 0 Å². The van der Waals surface area contributed by atoms with Crippen molar-refractivity contribution < 1.29 is 9.18 Å². The van der Waals surface area contributed by atoms with Gasteiger partial charge in [-0.1, -0.05) is 18.7 Å². The highest BCUT2D eigenvalue weighted by atomic mass is 19.1. The molecule has 2 rings (SSSR count). The molecule has 1 heterocycles. The van der Waals surface area contributed by atoms with Crippen LogP contribution in [0, 0.1) is 5.82 Å². The molecule has 0 aromatic heterocycles. The zero-order valence-corrected chi connectivity index (χ0v) is 8.69. The third kappa shape index (κ3) is 2.34. The summed E-state index contributed by atoms with van der Waals surface area (Å²) in [4.78, 5) is 11.7. The van der Waals surface area contributed by atoms with Gasteiger partial charge in [0.15, 0.2) is 0 Å². The lowest BCUT2D eigenvalue weighted by molar-refractivity contribution is -0.129. The molecule has 1 amide bonds. The van der Waals surface area contributed by atoms with E-state index in [1.54, 1.807) is 18.3 Å². The van der Waals surface area contributed by atoms with E-state index in [0.29, 0.717) is 6.54 Å². The van der Waals surface area contributed by atoms with E-state index in [4.69, 9.17) is 0 Å². The molecule has 0 saturated heterocycles. The Morgan fingerprint density at radius 1 is 1.44 bits per heavy atom. The number of carbonyl (C=O) groups is 1. The lowest BCUT2D eigenvalue weighted by Crippen LogP contribution is -2.25. The zero-order chi connectivity index (χ0) is 11.5. The van der Waals surface area contributed by atoms with Crippen molar-refractivity contribution in [2.45, 2.75) is 6.42 Å².